The average molecular weight is 369 g/mol. The first-order chi connectivity index (χ1) is 13.0. The first kappa shape index (κ1) is 19.1. The van der Waals surface area contributed by atoms with E-state index >= 15 is 0 Å². The number of hydrogen-bond acceptors (Lipinski definition) is 6. The Morgan fingerprint density at radius 1 is 1.19 bits per heavy atom. The molecule has 0 saturated carbocycles. The van der Waals surface area contributed by atoms with Crippen molar-refractivity contribution < 1.29 is 9.53 Å². The van der Waals surface area contributed by atoms with Crippen LogP contribution in [0.3, 0.4) is 0 Å². The molecule has 3 rings (SSSR count). The van der Waals surface area contributed by atoms with Crippen LogP contribution in [-0.4, -0.2) is 46.9 Å². The minimum atomic E-state index is -0.316. The van der Waals surface area contributed by atoms with Crippen molar-refractivity contribution in [1.82, 2.24) is 15.1 Å². The maximum Gasteiger partial charge on any atom is 0.415 e. The summed E-state index contributed by atoms with van der Waals surface area (Å²) in [6, 6.07) is 11.6. The number of nitrogens with zero attached hydrogens (tertiary/aromatic N) is 4. The maximum atomic E-state index is 12.5. The highest BCUT2D eigenvalue weighted by Gasteiger charge is 2.28. The van der Waals surface area contributed by atoms with Gasteiger partial charge in [0.15, 0.2) is 5.82 Å². The van der Waals surface area contributed by atoms with Crippen LogP contribution in [0.2, 0.25) is 0 Å². The van der Waals surface area contributed by atoms with Crippen LogP contribution < -0.4 is 15.4 Å². The number of ether oxygens (including phenoxy) is 1. The van der Waals surface area contributed by atoms with Gasteiger partial charge in [-0.1, -0.05) is 26.0 Å². The van der Waals surface area contributed by atoms with Gasteiger partial charge in [-0.15, -0.1) is 5.10 Å². The molecule has 1 aromatic carbocycles. The topological polar surface area (TPSA) is 84.6 Å². The van der Waals surface area contributed by atoms with E-state index in [1.807, 2.05) is 36.4 Å². The number of aromatic nitrogens is 2. The first-order valence-corrected chi connectivity index (χ1v) is 9.34. The number of rotatable bonds is 4. The van der Waals surface area contributed by atoms with E-state index in [0.717, 1.165) is 11.5 Å². The fraction of sp³-hybridized carbons (Fsp3) is 0.450. The Kier molecular flexibility index (Phi) is 5.91. The number of benzene rings is 1. The Morgan fingerprint density at radius 2 is 1.93 bits per heavy atom. The van der Waals surface area contributed by atoms with Gasteiger partial charge in [-0.3, -0.25) is 0 Å². The van der Waals surface area contributed by atoms with Crippen LogP contribution in [0.5, 0.6) is 5.75 Å². The van der Waals surface area contributed by atoms with Crippen molar-refractivity contribution in [3.05, 3.63) is 47.7 Å². The molecule has 2 aromatic rings. The highest BCUT2D eigenvalue weighted by atomic mass is 16.6. The molecule has 2 heterocycles. The molecule has 0 spiro atoms. The molecule has 0 aliphatic carbocycles. The number of hydrogen-bond donors (Lipinski definition) is 1. The van der Waals surface area contributed by atoms with E-state index < -0.39 is 0 Å². The number of piperazine rings is 1. The van der Waals surface area contributed by atoms with Crippen molar-refractivity contribution in [3.8, 4) is 5.75 Å². The van der Waals surface area contributed by atoms with Gasteiger partial charge in [0.1, 0.15) is 5.75 Å². The average Bonchev–Trinajstić information content (AvgIpc) is 2.68. The van der Waals surface area contributed by atoms with E-state index in [1.165, 1.54) is 5.56 Å². The monoisotopic (exact) mass is 369 g/mol. The van der Waals surface area contributed by atoms with Crippen molar-refractivity contribution in [2.45, 2.75) is 39.3 Å². The molecular formula is C20H27N5O2. The Bertz CT molecular complexity index is 761. The highest BCUT2D eigenvalue weighted by molar-refractivity contribution is 5.71. The zero-order valence-electron chi connectivity index (χ0n) is 16.1. The summed E-state index contributed by atoms with van der Waals surface area (Å²) in [6.45, 7) is 8.54. The molecule has 1 fully saturated rings. The largest absolute Gasteiger partial charge is 0.415 e. The lowest BCUT2D eigenvalue weighted by molar-refractivity contribution is 0.142. The van der Waals surface area contributed by atoms with Crippen LogP contribution in [-0.2, 0) is 6.54 Å². The van der Waals surface area contributed by atoms with Crippen molar-refractivity contribution in [1.29, 1.82) is 0 Å². The smallest absolute Gasteiger partial charge is 0.410 e. The third kappa shape index (κ3) is 4.54. The molecule has 1 amide bonds. The maximum absolute atomic E-state index is 12.5. The molecule has 27 heavy (non-hydrogen) atoms. The lowest BCUT2D eigenvalue weighted by Crippen LogP contribution is -2.54. The molecule has 2 N–H and O–H groups in total. The molecule has 1 atom stereocenters. The van der Waals surface area contributed by atoms with Gasteiger partial charge in [-0.25, -0.2) is 4.79 Å². The summed E-state index contributed by atoms with van der Waals surface area (Å²) in [5.74, 6) is 1.82. The van der Waals surface area contributed by atoms with Gasteiger partial charge in [-0.05, 0) is 42.7 Å². The van der Waals surface area contributed by atoms with Gasteiger partial charge in [-0.2, -0.15) is 5.10 Å². The Labute approximate surface area is 160 Å². The molecular weight excluding hydrogens is 342 g/mol. The Hall–Kier alpha value is -2.67. The second kappa shape index (κ2) is 8.35. The predicted octanol–water partition coefficient (Wildman–Crippen LogP) is 2.77. The zero-order chi connectivity index (χ0) is 19.4. The minimum absolute atomic E-state index is 0.118. The summed E-state index contributed by atoms with van der Waals surface area (Å²) in [5.41, 5.74) is 7.55. The van der Waals surface area contributed by atoms with Crippen LogP contribution >= 0.6 is 0 Å². The highest BCUT2D eigenvalue weighted by Crippen LogP contribution is 2.21. The number of carbonyl (C=O) groups excluding carboxylic acids is 1. The Balaban J connectivity index is 1.58. The standard InChI is InChI=1S/C20H27N5O2/c1-14(2)16-4-7-18(8-5-16)27-20(26)24-10-11-25(15(3)13-24)19-9-6-17(12-21)22-23-19/h4-9,14-15H,10-13,21H2,1-3H3/t15-/m1/s1. The quantitative estimate of drug-likeness (QED) is 0.892. The van der Waals surface area contributed by atoms with Gasteiger partial charge in [0.2, 0.25) is 0 Å². The number of nitrogens with two attached hydrogens (primary N) is 1. The molecule has 7 nitrogen and oxygen atoms in total. The van der Waals surface area contributed by atoms with Gasteiger partial charge in [0.05, 0.1) is 5.69 Å². The van der Waals surface area contributed by atoms with E-state index in [1.54, 1.807) is 4.90 Å². The van der Waals surface area contributed by atoms with Crippen LogP contribution in [0, 0.1) is 0 Å². The number of amides is 1. The number of carbonyl (C=O) groups is 1. The molecule has 0 radical (unpaired) electrons. The van der Waals surface area contributed by atoms with Crippen molar-refractivity contribution in [3.63, 3.8) is 0 Å². The third-order valence-electron chi connectivity index (χ3n) is 4.85. The summed E-state index contributed by atoms with van der Waals surface area (Å²) < 4.78 is 5.53. The van der Waals surface area contributed by atoms with Gasteiger partial charge < -0.3 is 20.3 Å². The summed E-state index contributed by atoms with van der Waals surface area (Å²) in [5, 5.41) is 8.36. The molecule has 7 heteroatoms. The second-order valence-corrected chi connectivity index (χ2v) is 7.17. The normalized spacial score (nSPS) is 17.3. The fourth-order valence-corrected chi connectivity index (χ4v) is 3.16. The van der Waals surface area contributed by atoms with Gasteiger partial charge >= 0.3 is 6.09 Å². The van der Waals surface area contributed by atoms with Gasteiger partial charge in [0.25, 0.3) is 0 Å². The van der Waals surface area contributed by atoms with E-state index in [4.69, 9.17) is 10.5 Å². The van der Waals surface area contributed by atoms with E-state index in [9.17, 15) is 4.79 Å². The van der Waals surface area contributed by atoms with E-state index in [-0.39, 0.29) is 12.1 Å². The van der Waals surface area contributed by atoms with Crippen LogP contribution in [0.1, 0.15) is 37.9 Å². The second-order valence-electron chi connectivity index (χ2n) is 7.17. The number of anilines is 1. The molecule has 1 saturated heterocycles. The lowest BCUT2D eigenvalue weighted by Gasteiger charge is -2.39. The summed E-state index contributed by atoms with van der Waals surface area (Å²) in [4.78, 5) is 16.4. The van der Waals surface area contributed by atoms with Crippen molar-refractivity contribution >= 4 is 11.9 Å². The zero-order valence-corrected chi connectivity index (χ0v) is 16.1. The first-order valence-electron chi connectivity index (χ1n) is 9.34. The molecule has 1 aliphatic heterocycles. The predicted molar refractivity (Wildman–Crippen MR) is 105 cm³/mol. The molecule has 0 bridgehead atoms. The van der Waals surface area contributed by atoms with E-state index in [0.29, 0.717) is 37.8 Å². The van der Waals surface area contributed by atoms with E-state index in [2.05, 4.69) is 35.9 Å². The van der Waals surface area contributed by atoms with Crippen LogP contribution in [0.15, 0.2) is 36.4 Å². The summed E-state index contributed by atoms with van der Waals surface area (Å²) in [6.07, 6.45) is -0.316. The van der Waals surface area contributed by atoms with Crippen molar-refractivity contribution in [2.75, 3.05) is 24.5 Å². The van der Waals surface area contributed by atoms with Crippen LogP contribution in [0.25, 0.3) is 0 Å². The van der Waals surface area contributed by atoms with Crippen molar-refractivity contribution in [2.24, 2.45) is 5.73 Å². The molecule has 0 unspecified atom stereocenters. The molecule has 1 aliphatic rings. The molecule has 1 aromatic heterocycles. The third-order valence-corrected chi connectivity index (χ3v) is 4.85. The Morgan fingerprint density at radius 3 is 2.48 bits per heavy atom. The van der Waals surface area contributed by atoms with Crippen LogP contribution in [0.4, 0.5) is 10.6 Å². The fourth-order valence-electron chi connectivity index (χ4n) is 3.16. The van der Waals surface area contributed by atoms with Gasteiger partial charge in [0, 0.05) is 32.2 Å². The minimum Gasteiger partial charge on any atom is -0.410 e. The summed E-state index contributed by atoms with van der Waals surface area (Å²) in [7, 11) is 0. The lowest BCUT2D eigenvalue weighted by atomic mass is 10.0. The molecule has 144 valence electrons. The SMILES string of the molecule is CC(C)c1ccc(OC(=O)N2CCN(c3ccc(CN)nn3)[C@H](C)C2)cc1. The summed E-state index contributed by atoms with van der Waals surface area (Å²) >= 11 is 0.